The van der Waals surface area contributed by atoms with Gasteiger partial charge in [-0.2, -0.15) is 0 Å². The fraction of sp³-hybridized carbons (Fsp3) is 0.750. The minimum atomic E-state index is 0.359. The maximum atomic E-state index is 5.47. The van der Waals surface area contributed by atoms with Crippen LogP contribution in [0.1, 0.15) is 33.6 Å². The van der Waals surface area contributed by atoms with Crippen molar-refractivity contribution in [3.05, 3.63) is 11.8 Å². The lowest BCUT2D eigenvalue weighted by atomic mass is 9.88. The lowest BCUT2D eigenvalue weighted by Crippen LogP contribution is -2.31. The van der Waals surface area contributed by atoms with Crippen LogP contribution in [0.3, 0.4) is 0 Å². The first kappa shape index (κ1) is 14.2. The summed E-state index contributed by atoms with van der Waals surface area (Å²) in [4.78, 5) is 3.94. The lowest BCUT2D eigenvalue weighted by molar-refractivity contribution is 0.316. The molecule has 0 aromatic heterocycles. The van der Waals surface area contributed by atoms with Gasteiger partial charge in [-0.1, -0.05) is 27.2 Å². The van der Waals surface area contributed by atoms with Gasteiger partial charge in [-0.05, 0) is 23.6 Å². The summed E-state index contributed by atoms with van der Waals surface area (Å²) in [6, 6.07) is 0. The average Bonchev–Trinajstić information content (AvgIpc) is 2.16. The summed E-state index contributed by atoms with van der Waals surface area (Å²) in [5.74, 6) is 0. The summed E-state index contributed by atoms with van der Waals surface area (Å²) < 4.78 is 0. The maximum absolute atomic E-state index is 5.47. The van der Waals surface area contributed by atoms with Gasteiger partial charge < -0.3 is 11.1 Å². The van der Waals surface area contributed by atoms with Crippen LogP contribution in [-0.2, 0) is 0 Å². The monoisotopic (exact) mass is 211 g/mol. The van der Waals surface area contributed by atoms with Crippen LogP contribution in [0.2, 0.25) is 0 Å². The van der Waals surface area contributed by atoms with Gasteiger partial charge in [0.2, 0.25) is 0 Å². The molecule has 3 N–H and O–H groups in total. The highest BCUT2D eigenvalue weighted by molar-refractivity contribution is 5.78. The van der Waals surface area contributed by atoms with E-state index >= 15 is 0 Å². The van der Waals surface area contributed by atoms with Crippen molar-refractivity contribution in [1.82, 2.24) is 5.32 Å². The number of hydrogen-bond donors (Lipinski definition) is 2. The van der Waals surface area contributed by atoms with Gasteiger partial charge in [-0.25, -0.2) is 0 Å². The third-order valence-electron chi connectivity index (χ3n) is 2.37. The molecule has 0 spiro atoms. The third-order valence-corrected chi connectivity index (χ3v) is 2.37. The number of nitrogens with two attached hydrogens (primary N) is 1. The first-order valence-electron chi connectivity index (χ1n) is 5.59. The van der Waals surface area contributed by atoms with E-state index in [4.69, 9.17) is 5.73 Å². The van der Waals surface area contributed by atoms with Gasteiger partial charge in [0, 0.05) is 26.4 Å². The highest BCUT2D eigenvalue weighted by Crippen LogP contribution is 2.20. The van der Waals surface area contributed by atoms with Gasteiger partial charge in [0.1, 0.15) is 0 Å². The molecule has 0 fully saturated rings. The van der Waals surface area contributed by atoms with Crippen molar-refractivity contribution >= 4 is 6.21 Å². The Morgan fingerprint density at radius 1 is 1.47 bits per heavy atom. The Morgan fingerprint density at radius 3 is 2.60 bits per heavy atom. The molecule has 0 radical (unpaired) electrons. The van der Waals surface area contributed by atoms with Gasteiger partial charge >= 0.3 is 0 Å². The van der Waals surface area contributed by atoms with E-state index in [9.17, 15) is 0 Å². The number of hydrogen-bond acceptors (Lipinski definition) is 3. The zero-order valence-corrected chi connectivity index (χ0v) is 10.5. The summed E-state index contributed by atoms with van der Waals surface area (Å²) in [5, 5.41) is 3.41. The summed E-state index contributed by atoms with van der Waals surface area (Å²) in [7, 11) is 1.75. The Balaban J connectivity index is 3.87. The quantitative estimate of drug-likeness (QED) is 0.632. The van der Waals surface area contributed by atoms with Gasteiger partial charge in [0.25, 0.3) is 0 Å². The summed E-state index contributed by atoms with van der Waals surface area (Å²) >= 11 is 0. The fourth-order valence-electron chi connectivity index (χ4n) is 1.62. The van der Waals surface area contributed by atoms with Crippen LogP contribution in [0.15, 0.2) is 16.8 Å². The van der Waals surface area contributed by atoms with E-state index < -0.39 is 0 Å². The number of nitrogens with one attached hydrogen (secondary N) is 1. The lowest BCUT2D eigenvalue weighted by Gasteiger charge is -2.24. The van der Waals surface area contributed by atoms with Crippen molar-refractivity contribution in [3.63, 3.8) is 0 Å². The Bertz CT molecular complexity index is 217. The molecule has 3 heteroatoms. The van der Waals surface area contributed by atoms with Crippen molar-refractivity contribution in [2.45, 2.75) is 33.6 Å². The van der Waals surface area contributed by atoms with Crippen molar-refractivity contribution < 1.29 is 0 Å². The van der Waals surface area contributed by atoms with Crippen LogP contribution in [0.5, 0.6) is 0 Å². The van der Waals surface area contributed by atoms with E-state index in [1.54, 1.807) is 19.5 Å². The second-order valence-corrected chi connectivity index (χ2v) is 4.65. The minimum absolute atomic E-state index is 0.359. The van der Waals surface area contributed by atoms with E-state index in [2.05, 4.69) is 31.1 Å². The number of nitrogens with zero attached hydrogens (tertiary/aromatic N) is 1. The van der Waals surface area contributed by atoms with Crippen LogP contribution < -0.4 is 11.1 Å². The first-order chi connectivity index (χ1) is 7.05. The molecule has 0 bridgehead atoms. The van der Waals surface area contributed by atoms with Crippen molar-refractivity contribution in [2.24, 2.45) is 16.1 Å². The summed E-state index contributed by atoms with van der Waals surface area (Å²) in [6.07, 6.45) is 5.86. The zero-order valence-electron chi connectivity index (χ0n) is 10.5. The van der Waals surface area contributed by atoms with Gasteiger partial charge in [-0.3, -0.25) is 4.99 Å². The highest BCUT2D eigenvalue weighted by Gasteiger charge is 2.15. The Kier molecular flexibility index (Phi) is 7.05. The Hall–Kier alpha value is -0.830. The van der Waals surface area contributed by atoms with E-state index in [-0.39, 0.29) is 0 Å². The molecule has 0 saturated carbocycles. The molecule has 0 aromatic rings. The molecule has 0 rings (SSSR count). The smallest absolute Gasteiger partial charge is 0.0277 e. The predicted molar refractivity (Wildman–Crippen MR) is 68.2 cm³/mol. The average molecular weight is 211 g/mol. The Morgan fingerprint density at radius 2 is 2.13 bits per heavy atom. The van der Waals surface area contributed by atoms with Crippen molar-refractivity contribution in [2.75, 3.05) is 20.1 Å². The number of aliphatic imine (C=N–C) groups is 1. The minimum Gasteiger partial charge on any atom is -0.404 e. The summed E-state index contributed by atoms with van der Waals surface area (Å²) in [6.45, 7) is 8.58. The standard InChI is InChI=1S/C12H25N3/c1-5-6-12(2,3)10-15-9-11(7-13)8-14-4/h7-8,15H,5-6,9-10,13H2,1-4H3. The molecule has 0 saturated heterocycles. The van der Waals surface area contributed by atoms with Crippen molar-refractivity contribution in [3.8, 4) is 0 Å². The number of rotatable bonds is 7. The molecular weight excluding hydrogens is 186 g/mol. The molecule has 0 aliphatic rings. The van der Waals surface area contributed by atoms with Crippen LogP contribution >= 0.6 is 0 Å². The van der Waals surface area contributed by atoms with E-state index in [1.807, 2.05) is 0 Å². The molecule has 0 atom stereocenters. The molecule has 0 unspecified atom stereocenters. The highest BCUT2D eigenvalue weighted by atomic mass is 14.9. The summed E-state index contributed by atoms with van der Waals surface area (Å²) in [5.41, 5.74) is 6.87. The first-order valence-corrected chi connectivity index (χ1v) is 5.59. The van der Waals surface area contributed by atoms with E-state index in [0.717, 1.165) is 18.7 Å². The zero-order chi connectivity index (χ0) is 11.7. The molecular formula is C12H25N3. The topological polar surface area (TPSA) is 50.4 Å². The molecule has 0 aliphatic carbocycles. The third kappa shape index (κ3) is 7.14. The Labute approximate surface area is 93.8 Å². The van der Waals surface area contributed by atoms with Crippen LogP contribution in [0.25, 0.3) is 0 Å². The second kappa shape index (κ2) is 7.46. The van der Waals surface area contributed by atoms with E-state index in [0.29, 0.717) is 5.41 Å². The molecule has 0 amide bonds. The van der Waals surface area contributed by atoms with Gasteiger partial charge in [0.05, 0.1) is 0 Å². The molecule has 15 heavy (non-hydrogen) atoms. The van der Waals surface area contributed by atoms with Gasteiger partial charge in [-0.15, -0.1) is 0 Å². The van der Waals surface area contributed by atoms with Crippen LogP contribution in [0, 0.1) is 5.41 Å². The predicted octanol–water partition coefficient (Wildman–Crippen LogP) is 1.95. The largest absolute Gasteiger partial charge is 0.404 e. The molecule has 3 nitrogen and oxygen atoms in total. The maximum Gasteiger partial charge on any atom is 0.0277 e. The van der Waals surface area contributed by atoms with Crippen molar-refractivity contribution in [1.29, 1.82) is 0 Å². The SMILES string of the molecule is CCCC(C)(C)CNCC(C=NC)=CN. The van der Waals surface area contributed by atoms with Crippen LogP contribution in [0.4, 0.5) is 0 Å². The molecule has 88 valence electrons. The molecule has 0 aromatic carbocycles. The normalized spacial score (nSPS) is 13.7. The second-order valence-electron chi connectivity index (χ2n) is 4.65. The van der Waals surface area contributed by atoms with Crippen LogP contribution in [-0.4, -0.2) is 26.4 Å². The fourth-order valence-corrected chi connectivity index (χ4v) is 1.62. The van der Waals surface area contributed by atoms with Gasteiger partial charge in [0.15, 0.2) is 0 Å². The van der Waals surface area contributed by atoms with E-state index in [1.165, 1.54) is 12.8 Å². The molecule has 0 heterocycles. The molecule has 0 aliphatic heterocycles.